The zero-order valence-electron chi connectivity index (χ0n) is 8.72. The molecular formula is C12H8FN3S. The quantitative estimate of drug-likeness (QED) is 0.752. The molecule has 0 unspecified atom stereocenters. The van der Waals surface area contributed by atoms with Gasteiger partial charge in [-0.05, 0) is 6.07 Å². The second-order valence-electron chi connectivity index (χ2n) is 3.47. The van der Waals surface area contributed by atoms with Crippen LogP contribution in [-0.4, -0.2) is 15.0 Å². The van der Waals surface area contributed by atoms with Crippen LogP contribution in [0.3, 0.4) is 0 Å². The predicted molar refractivity (Wildman–Crippen MR) is 65.1 cm³/mol. The zero-order chi connectivity index (χ0) is 11.7. The number of aromatic nitrogens is 3. The van der Waals surface area contributed by atoms with Gasteiger partial charge in [-0.3, -0.25) is 4.98 Å². The third kappa shape index (κ3) is 1.74. The number of pyridine rings is 1. The van der Waals surface area contributed by atoms with Crippen molar-refractivity contribution in [1.82, 2.24) is 15.0 Å². The molecule has 0 aliphatic rings. The van der Waals surface area contributed by atoms with Crippen LogP contribution in [0.1, 0.15) is 0 Å². The first-order valence-corrected chi connectivity index (χ1v) is 5.91. The van der Waals surface area contributed by atoms with E-state index < -0.39 is 0 Å². The minimum Gasteiger partial charge on any atom is -0.337 e. The summed E-state index contributed by atoms with van der Waals surface area (Å²) in [5, 5.41) is 2.66. The van der Waals surface area contributed by atoms with E-state index in [0.717, 1.165) is 16.1 Å². The Hall–Kier alpha value is -2.01. The number of aromatic amines is 1. The van der Waals surface area contributed by atoms with Gasteiger partial charge in [0.05, 0.1) is 0 Å². The van der Waals surface area contributed by atoms with Gasteiger partial charge in [-0.2, -0.15) is 4.39 Å². The normalized spacial score (nSPS) is 10.6. The molecule has 5 heteroatoms. The van der Waals surface area contributed by atoms with Crippen molar-refractivity contribution in [3.05, 3.63) is 48.2 Å². The summed E-state index contributed by atoms with van der Waals surface area (Å²) in [4.78, 5) is 10.8. The van der Waals surface area contributed by atoms with Crippen molar-refractivity contribution in [3.8, 4) is 21.7 Å². The van der Waals surface area contributed by atoms with E-state index >= 15 is 0 Å². The van der Waals surface area contributed by atoms with Crippen LogP contribution >= 0.6 is 11.3 Å². The zero-order valence-corrected chi connectivity index (χ0v) is 9.54. The maximum atomic E-state index is 13.8. The Morgan fingerprint density at radius 1 is 1.29 bits per heavy atom. The fraction of sp³-hybridized carbons (Fsp3) is 0. The highest BCUT2D eigenvalue weighted by atomic mass is 32.1. The van der Waals surface area contributed by atoms with Crippen LogP contribution in [0, 0.1) is 5.95 Å². The third-order valence-electron chi connectivity index (χ3n) is 2.44. The first kappa shape index (κ1) is 10.2. The number of hydrogen-bond acceptors (Lipinski definition) is 3. The first-order valence-electron chi connectivity index (χ1n) is 5.03. The Morgan fingerprint density at radius 2 is 2.24 bits per heavy atom. The summed E-state index contributed by atoms with van der Waals surface area (Å²) in [7, 11) is 0. The monoisotopic (exact) mass is 245 g/mol. The van der Waals surface area contributed by atoms with Gasteiger partial charge < -0.3 is 4.98 Å². The minimum atomic E-state index is -0.358. The molecule has 1 N–H and O–H groups in total. The summed E-state index contributed by atoms with van der Waals surface area (Å²) >= 11 is 1.48. The van der Waals surface area contributed by atoms with Crippen LogP contribution in [-0.2, 0) is 0 Å². The molecule has 0 aliphatic heterocycles. The maximum Gasteiger partial charge on any atom is 0.199 e. The second kappa shape index (κ2) is 4.10. The van der Waals surface area contributed by atoms with E-state index in [4.69, 9.17) is 0 Å². The van der Waals surface area contributed by atoms with Crippen LogP contribution in [0.5, 0.6) is 0 Å². The summed E-state index contributed by atoms with van der Waals surface area (Å²) in [6, 6.07) is 3.61. The molecular weight excluding hydrogens is 237 g/mol. The van der Waals surface area contributed by atoms with Crippen molar-refractivity contribution in [2.45, 2.75) is 0 Å². The maximum absolute atomic E-state index is 13.8. The largest absolute Gasteiger partial charge is 0.337 e. The summed E-state index contributed by atoms with van der Waals surface area (Å²) in [5.74, 6) is -0.358. The number of thiazole rings is 1. The number of halogens is 1. The van der Waals surface area contributed by atoms with E-state index in [9.17, 15) is 4.39 Å². The van der Waals surface area contributed by atoms with Crippen molar-refractivity contribution in [3.63, 3.8) is 0 Å². The molecule has 0 bridgehead atoms. The molecule has 3 heterocycles. The van der Waals surface area contributed by atoms with Crippen LogP contribution in [0.2, 0.25) is 0 Å². The van der Waals surface area contributed by atoms with E-state index in [2.05, 4.69) is 15.0 Å². The van der Waals surface area contributed by atoms with Gasteiger partial charge in [0.2, 0.25) is 0 Å². The number of rotatable bonds is 2. The average molecular weight is 245 g/mol. The molecule has 3 nitrogen and oxygen atoms in total. The molecule has 17 heavy (non-hydrogen) atoms. The third-order valence-corrected chi connectivity index (χ3v) is 3.25. The van der Waals surface area contributed by atoms with Crippen molar-refractivity contribution in [2.24, 2.45) is 0 Å². The standard InChI is InChI=1S/C12H8FN3S/c13-11-10(8-2-1-3-14-6-8)9(7-16-11)12-15-4-5-17-12/h1-7,16H. The van der Waals surface area contributed by atoms with Gasteiger partial charge in [-0.15, -0.1) is 11.3 Å². The van der Waals surface area contributed by atoms with Crippen molar-refractivity contribution in [1.29, 1.82) is 0 Å². The number of nitrogens with zero attached hydrogens (tertiary/aromatic N) is 2. The Balaban J connectivity index is 2.20. The van der Waals surface area contributed by atoms with Gasteiger partial charge in [0, 0.05) is 46.9 Å². The van der Waals surface area contributed by atoms with Crippen molar-refractivity contribution in [2.75, 3.05) is 0 Å². The van der Waals surface area contributed by atoms with Crippen LogP contribution in [0.15, 0.2) is 42.3 Å². The van der Waals surface area contributed by atoms with Gasteiger partial charge in [0.15, 0.2) is 5.95 Å². The molecule has 0 amide bonds. The van der Waals surface area contributed by atoms with Crippen LogP contribution < -0.4 is 0 Å². The van der Waals surface area contributed by atoms with E-state index in [1.165, 1.54) is 11.3 Å². The van der Waals surface area contributed by atoms with E-state index in [1.54, 1.807) is 30.9 Å². The van der Waals surface area contributed by atoms with E-state index in [1.807, 2.05) is 11.4 Å². The summed E-state index contributed by atoms with van der Waals surface area (Å²) in [5.41, 5.74) is 2.04. The van der Waals surface area contributed by atoms with Gasteiger partial charge in [-0.25, -0.2) is 4.98 Å². The predicted octanol–water partition coefficient (Wildman–Crippen LogP) is 3.34. The Morgan fingerprint density at radius 3 is 2.94 bits per heavy atom. The first-order chi connectivity index (χ1) is 8.36. The summed E-state index contributed by atoms with van der Waals surface area (Å²) < 4.78 is 13.8. The molecule has 3 rings (SSSR count). The molecule has 3 aromatic rings. The highest BCUT2D eigenvalue weighted by molar-refractivity contribution is 7.13. The molecule has 0 saturated heterocycles. The SMILES string of the molecule is Fc1[nH]cc(-c2nccs2)c1-c1cccnc1. The van der Waals surface area contributed by atoms with Crippen molar-refractivity contribution < 1.29 is 4.39 Å². The fourth-order valence-electron chi connectivity index (χ4n) is 1.72. The van der Waals surface area contributed by atoms with Crippen molar-refractivity contribution >= 4 is 11.3 Å². The molecule has 0 aromatic carbocycles. The van der Waals surface area contributed by atoms with E-state index in [0.29, 0.717) is 5.56 Å². The summed E-state index contributed by atoms with van der Waals surface area (Å²) in [6.45, 7) is 0. The average Bonchev–Trinajstić information content (AvgIpc) is 2.98. The second-order valence-corrected chi connectivity index (χ2v) is 4.36. The lowest BCUT2D eigenvalue weighted by Gasteiger charge is -2.00. The molecule has 3 aromatic heterocycles. The number of hydrogen-bond donors (Lipinski definition) is 1. The van der Waals surface area contributed by atoms with Gasteiger partial charge in [0.25, 0.3) is 0 Å². The fourth-order valence-corrected chi connectivity index (χ4v) is 2.38. The lowest BCUT2D eigenvalue weighted by Crippen LogP contribution is -1.84. The van der Waals surface area contributed by atoms with Gasteiger partial charge >= 0.3 is 0 Å². The number of H-pyrrole nitrogens is 1. The molecule has 0 spiro atoms. The smallest absolute Gasteiger partial charge is 0.199 e. The highest BCUT2D eigenvalue weighted by Crippen LogP contribution is 2.34. The molecule has 0 aliphatic carbocycles. The van der Waals surface area contributed by atoms with Crippen LogP contribution in [0.4, 0.5) is 4.39 Å². The Labute approximate surface area is 101 Å². The topological polar surface area (TPSA) is 41.6 Å². The molecule has 0 fully saturated rings. The Kier molecular flexibility index (Phi) is 2.45. The molecule has 0 atom stereocenters. The molecule has 0 radical (unpaired) electrons. The Bertz CT molecular complexity index is 617. The molecule has 0 saturated carbocycles. The minimum absolute atomic E-state index is 0.358. The molecule has 84 valence electrons. The van der Waals surface area contributed by atoms with Gasteiger partial charge in [0.1, 0.15) is 5.01 Å². The summed E-state index contributed by atoms with van der Waals surface area (Å²) in [6.07, 6.45) is 6.65. The van der Waals surface area contributed by atoms with E-state index in [-0.39, 0.29) is 5.95 Å². The van der Waals surface area contributed by atoms with Gasteiger partial charge in [-0.1, -0.05) is 6.07 Å². The van der Waals surface area contributed by atoms with Crippen LogP contribution in [0.25, 0.3) is 21.7 Å². The highest BCUT2D eigenvalue weighted by Gasteiger charge is 2.16. The number of nitrogens with one attached hydrogen (secondary N) is 1. The lowest BCUT2D eigenvalue weighted by molar-refractivity contribution is 0.595. The lowest BCUT2D eigenvalue weighted by atomic mass is 10.1.